The van der Waals surface area contributed by atoms with Crippen LogP contribution in [0.2, 0.25) is 0 Å². The molecule has 0 fully saturated rings. The van der Waals surface area contributed by atoms with Crippen LogP contribution in [0.4, 0.5) is 10.1 Å². The van der Waals surface area contributed by atoms with Crippen molar-refractivity contribution in [3.63, 3.8) is 0 Å². The molecule has 2 N–H and O–H groups in total. The van der Waals surface area contributed by atoms with Gasteiger partial charge >= 0.3 is 0 Å². The predicted octanol–water partition coefficient (Wildman–Crippen LogP) is 5.18. The number of nitrogen functional groups attached to an aromatic ring is 1. The van der Waals surface area contributed by atoms with Crippen molar-refractivity contribution in [3.8, 4) is 5.75 Å². The van der Waals surface area contributed by atoms with Crippen molar-refractivity contribution in [3.05, 3.63) is 57.3 Å². The number of anilines is 1. The molecule has 2 nitrogen and oxygen atoms in total. The summed E-state index contributed by atoms with van der Waals surface area (Å²) in [6, 6.07) is 8.52. The Labute approximate surface area is 133 Å². The first-order valence-electron chi connectivity index (χ1n) is 6.85. The summed E-state index contributed by atoms with van der Waals surface area (Å²) < 4.78 is 19.7. The Hall–Kier alpha value is -1.55. The fourth-order valence-corrected chi connectivity index (χ4v) is 2.55. The number of nitrogens with two attached hydrogens (primary N) is 1. The van der Waals surface area contributed by atoms with Crippen LogP contribution in [0.25, 0.3) is 0 Å². The molecule has 0 aliphatic rings. The summed E-state index contributed by atoms with van der Waals surface area (Å²) in [7, 11) is 0. The molecule has 4 heteroatoms. The van der Waals surface area contributed by atoms with Gasteiger partial charge in [0.25, 0.3) is 0 Å². The summed E-state index contributed by atoms with van der Waals surface area (Å²) in [5.74, 6) is 0.879. The van der Waals surface area contributed by atoms with E-state index in [2.05, 4.69) is 29.8 Å². The first-order chi connectivity index (χ1) is 9.88. The summed E-state index contributed by atoms with van der Waals surface area (Å²) in [5, 5.41) is 0. The molecule has 0 saturated carbocycles. The standard InChI is InChI=1S/C17H19BrFNO/c1-10(2)14-8-16(20)11(3)6-17(14)21-9-12-4-5-13(19)7-15(12)18/h4-8,10H,9,20H2,1-3H3. The molecule has 0 bridgehead atoms. The van der Waals surface area contributed by atoms with E-state index in [0.29, 0.717) is 17.0 Å². The highest BCUT2D eigenvalue weighted by molar-refractivity contribution is 9.10. The van der Waals surface area contributed by atoms with Crippen LogP contribution >= 0.6 is 15.9 Å². The largest absolute Gasteiger partial charge is 0.489 e. The molecule has 0 spiro atoms. The van der Waals surface area contributed by atoms with E-state index >= 15 is 0 Å². The minimum absolute atomic E-state index is 0.267. The van der Waals surface area contributed by atoms with E-state index in [1.807, 2.05) is 19.1 Å². The second-order valence-corrected chi connectivity index (χ2v) is 6.28. The molecule has 0 saturated heterocycles. The number of halogens is 2. The van der Waals surface area contributed by atoms with E-state index in [9.17, 15) is 4.39 Å². The van der Waals surface area contributed by atoms with E-state index in [1.165, 1.54) is 12.1 Å². The Bertz CT molecular complexity index is 655. The molecular weight excluding hydrogens is 333 g/mol. The maximum absolute atomic E-state index is 13.1. The molecule has 2 rings (SSSR count). The quantitative estimate of drug-likeness (QED) is 0.770. The lowest BCUT2D eigenvalue weighted by Gasteiger charge is -2.17. The highest BCUT2D eigenvalue weighted by Gasteiger charge is 2.11. The maximum Gasteiger partial charge on any atom is 0.124 e. The van der Waals surface area contributed by atoms with Gasteiger partial charge in [-0.15, -0.1) is 0 Å². The Kier molecular flexibility index (Phi) is 4.88. The van der Waals surface area contributed by atoms with Crippen molar-refractivity contribution in [2.75, 3.05) is 5.73 Å². The zero-order valence-corrected chi connectivity index (χ0v) is 14.0. The lowest BCUT2D eigenvalue weighted by Crippen LogP contribution is -2.03. The van der Waals surface area contributed by atoms with Gasteiger partial charge in [0.1, 0.15) is 18.2 Å². The zero-order chi connectivity index (χ0) is 15.6. The molecule has 112 valence electrons. The highest BCUT2D eigenvalue weighted by Crippen LogP contribution is 2.32. The maximum atomic E-state index is 13.1. The Morgan fingerprint density at radius 1 is 1.24 bits per heavy atom. The van der Waals surface area contributed by atoms with Gasteiger partial charge in [-0.1, -0.05) is 35.8 Å². The van der Waals surface area contributed by atoms with Crippen molar-refractivity contribution < 1.29 is 9.13 Å². The summed E-state index contributed by atoms with van der Waals surface area (Å²) in [4.78, 5) is 0. The summed E-state index contributed by atoms with van der Waals surface area (Å²) in [5.41, 5.74) is 9.72. The molecule has 0 radical (unpaired) electrons. The van der Waals surface area contributed by atoms with Crippen LogP contribution in [0, 0.1) is 12.7 Å². The summed E-state index contributed by atoms with van der Waals surface area (Å²) in [6.07, 6.45) is 0. The van der Waals surface area contributed by atoms with Crippen LogP contribution in [0.15, 0.2) is 34.8 Å². The number of rotatable bonds is 4. The van der Waals surface area contributed by atoms with Gasteiger partial charge in [0.15, 0.2) is 0 Å². The SMILES string of the molecule is Cc1cc(OCc2ccc(F)cc2Br)c(C(C)C)cc1N. The van der Waals surface area contributed by atoms with Gasteiger partial charge in [0.05, 0.1) is 0 Å². The van der Waals surface area contributed by atoms with Crippen LogP contribution in [-0.4, -0.2) is 0 Å². The van der Waals surface area contributed by atoms with Gasteiger partial charge in [0.2, 0.25) is 0 Å². The molecule has 0 heterocycles. The van der Waals surface area contributed by atoms with Crippen LogP contribution in [-0.2, 0) is 6.61 Å². The third-order valence-corrected chi connectivity index (χ3v) is 4.16. The lowest BCUT2D eigenvalue weighted by molar-refractivity contribution is 0.301. The van der Waals surface area contributed by atoms with Crippen LogP contribution < -0.4 is 10.5 Å². The molecule has 0 atom stereocenters. The van der Waals surface area contributed by atoms with E-state index in [0.717, 1.165) is 28.1 Å². The molecule has 0 aliphatic carbocycles. The van der Waals surface area contributed by atoms with Gasteiger partial charge in [-0.3, -0.25) is 0 Å². The Morgan fingerprint density at radius 2 is 1.95 bits per heavy atom. The summed E-state index contributed by atoms with van der Waals surface area (Å²) in [6.45, 7) is 6.54. The summed E-state index contributed by atoms with van der Waals surface area (Å²) >= 11 is 3.35. The highest BCUT2D eigenvalue weighted by atomic mass is 79.9. The third kappa shape index (κ3) is 3.76. The second-order valence-electron chi connectivity index (χ2n) is 5.43. The predicted molar refractivity (Wildman–Crippen MR) is 88.1 cm³/mol. The normalized spacial score (nSPS) is 11.0. The average molecular weight is 352 g/mol. The topological polar surface area (TPSA) is 35.2 Å². The van der Waals surface area contributed by atoms with E-state index < -0.39 is 0 Å². The van der Waals surface area contributed by atoms with Crippen LogP contribution in [0.1, 0.15) is 36.5 Å². The molecule has 0 amide bonds. The van der Waals surface area contributed by atoms with Gasteiger partial charge < -0.3 is 10.5 Å². The monoisotopic (exact) mass is 351 g/mol. The average Bonchev–Trinajstić information content (AvgIpc) is 2.41. The van der Waals surface area contributed by atoms with Crippen molar-refractivity contribution in [2.24, 2.45) is 0 Å². The third-order valence-electron chi connectivity index (χ3n) is 3.42. The minimum Gasteiger partial charge on any atom is -0.489 e. The fourth-order valence-electron chi connectivity index (χ4n) is 2.09. The van der Waals surface area contributed by atoms with Gasteiger partial charge in [0, 0.05) is 15.7 Å². The number of ether oxygens (including phenoxy) is 1. The van der Waals surface area contributed by atoms with Gasteiger partial charge in [-0.2, -0.15) is 0 Å². The van der Waals surface area contributed by atoms with Crippen molar-refractivity contribution in [1.29, 1.82) is 0 Å². The van der Waals surface area contributed by atoms with E-state index in [1.54, 1.807) is 6.07 Å². The smallest absolute Gasteiger partial charge is 0.124 e. The van der Waals surface area contributed by atoms with E-state index in [-0.39, 0.29) is 5.82 Å². The van der Waals surface area contributed by atoms with Crippen molar-refractivity contribution >= 4 is 21.6 Å². The Balaban J connectivity index is 2.25. The lowest BCUT2D eigenvalue weighted by atomic mass is 9.99. The molecule has 2 aromatic rings. The van der Waals surface area contributed by atoms with Crippen molar-refractivity contribution in [2.45, 2.75) is 33.3 Å². The molecule has 2 aromatic carbocycles. The molecule has 0 aliphatic heterocycles. The Morgan fingerprint density at radius 3 is 2.57 bits per heavy atom. The molecule has 0 aromatic heterocycles. The first kappa shape index (κ1) is 15.8. The van der Waals surface area contributed by atoms with Crippen LogP contribution in [0.3, 0.4) is 0 Å². The second kappa shape index (κ2) is 6.48. The first-order valence-corrected chi connectivity index (χ1v) is 7.64. The number of hydrogen-bond donors (Lipinski definition) is 1. The van der Waals surface area contributed by atoms with Crippen LogP contribution in [0.5, 0.6) is 5.75 Å². The number of aryl methyl sites for hydroxylation is 1. The molecular formula is C17H19BrFNO. The molecule has 0 unspecified atom stereocenters. The minimum atomic E-state index is -0.267. The van der Waals surface area contributed by atoms with E-state index in [4.69, 9.17) is 10.5 Å². The fraction of sp³-hybridized carbons (Fsp3) is 0.294. The van der Waals surface area contributed by atoms with Gasteiger partial charge in [-0.25, -0.2) is 4.39 Å². The zero-order valence-electron chi connectivity index (χ0n) is 12.4. The van der Waals surface area contributed by atoms with Gasteiger partial charge in [-0.05, 0) is 48.2 Å². The van der Waals surface area contributed by atoms with Crippen molar-refractivity contribution in [1.82, 2.24) is 0 Å². The number of hydrogen-bond acceptors (Lipinski definition) is 2. The molecule has 21 heavy (non-hydrogen) atoms. The number of benzene rings is 2.